The molecule has 17 heavy (non-hydrogen) atoms. The van der Waals surface area contributed by atoms with E-state index in [0.29, 0.717) is 22.9 Å². The first kappa shape index (κ1) is 14.0. The standard InChI is InChI=1S/C11H10BrF3O2/c1-7-6-8(17-11(13,14)15)2-3-9(7)10(16)4-5-12/h2-3,6H,4-5H2,1H3. The van der Waals surface area contributed by atoms with Crippen molar-refractivity contribution in [2.75, 3.05) is 5.33 Å². The summed E-state index contributed by atoms with van der Waals surface area (Å²) in [6.45, 7) is 1.57. The van der Waals surface area contributed by atoms with Crippen LogP contribution in [0.4, 0.5) is 13.2 Å². The van der Waals surface area contributed by atoms with Gasteiger partial charge in [-0.2, -0.15) is 0 Å². The van der Waals surface area contributed by atoms with Crippen molar-refractivity contribution in [3.8, 4) is 5.75 Å². The number of benzene rings is 1. The van der Waals surface area contributed by atoms with Crippen LogP contribution in [-0.4, -0.2) is 17.5 Å². The zero-order valence-electron chi connectivity index (χ0n) is 8.97. The van der Waals surface area contributed by atoms with E-state index < -0.39 is 6.36 Å². The molecule has 0 atom stereocenters. The molecule has 1 aromatic rings. The number of alkyl halides is 4. The SMILES string of the molecule is Cc1cc(OC(F)(F)F)ccc1C(=O)CCBr. The molecule has 0 saturated heterocycles. The van der Waals surface area contributed by atoms with Crippen molar-refractivity contribution in [1.29, 1.82) is 0 Å². The Morgan fingerprint density at radius 2 is 2.06 bits per heavy atom. The molecule has 0 unspecified atom stereocenters. The minimum atomic E-state index is -4.71. The van der Waals surface area contributed by atoms with E-state index in [2.05, 4.69) is 20.7 Å². The number of aryl methyl sites for hydroxylation is 1. The summed E-state index contributed by atoms with van der Waals surface area (Å²) in [6.07, 6.45) is -4.41. The molecule has 0 saturated carbocycles. The second-order valence-corrected chi connectivity index (χ2v) is 4.18. The number of hydrogen-bond acceptors (Lipinski definition) is 2. The highest BCUT2D eigenvalue weighted by Gasteiger charge is 2.31. The van der Waals surface area contributed by atoms with Crippen LogP contribution in [-0.2, 0) is 0 Å². The van der Waals surface area contributed by atoms with Crippen LogP contribution < -0.4 is 4.74 Å². The van der Waals surface area contributed by atoms with Crippen molar-refractivity contribution in [3.05, 3.63) is 29.3 Å². The van der Waals surface area contributed by atoms with E-state index in [4.69, 9.17) is 0 Å². The summed E-state index contributed by atoms with van der Waals surface area (Å²) < 4.78 is 39.6. The van der Waals surface area contributed by atoms with Crippen LogP contribution >= 0.6 is 15.9 Å². The molecule has 0 aliphatic rings. The molecular formula is C11H10BrF3O2. The first-order valence-corrected chi connectivity index (χ1v) is 5.91. The third-order valence-corrected chi connectivity index (χ3v) is 2.45. The molecule has 94 valence electrons. The van der Waals surface area contributed by atoms with E-state index in [-0.39, 0.29) is 11.5 Å². The van der Waals surface area contributed by atoms with Gasteiger partial charge in [0.05, 0.1) is 0 Å². The number of rotatable bonds is 4. The van der Waals surface area contributed by atoms with Gasteiger partial charge in [-0.15, -0.1) is 13.2 Å². The summed E-state index contributed by atoms with van der Waals surface area (Å²) in [7, 11) is 0. The molecule has 0 amide bonds. The molecule has 1 aromatic carbocycles. The topological polar surface area (TPSA) is 26.3 Å². The fourth-order valence-electron chi connectivity index (χ4n) is 1.37. The highest BCUT2D eigenvalue weighted by molar-refractivity contribution is 9.09. The Hall–Kier alpha value is -1.04. The van der Waals surface area contributed by atoms with Crippen molar-refractivity contribution in [3.63, 3.8) is 0 Å². The lowest BCUT2D eigenvalue weighted by Gasteiger charge is -2.11. The zero-order valence-corrected chi connectivity index (χ0v) is 10.6. The number of halogens is 4. The van der Waals surface area contributed by atoms with Crippen molar-refractivity contribution in [1.82, 2.24) is 0 Å². The van der Waals surface area contributed by atoms with Gasteiger partial charge in [-0.05, 0) is 30.7 Å². The lowest BCUT2D eigenvalue weighted by molar-refractivity contribution is -0.274. The third-order valence-electron chi connectivity index (χ3n) is 2.05. The van der Waals surface area contributed by atoms with Gasteiger partial charge in [0.25, 0.3) is 0 Å². The smallest absolute Gasteiger partial charge is 0.406 e. The summed E-state index contributed by atoms with van der Waals surface area (Å²) >= 11 is 3.13. The minimum absolute atomic E-state index is 0.113. The Balaban J connectivity index is 2.90. The minimum Gasteiger partial charge on any atom is -0.406 e. The first-order chi connectivity index (χ1) is 7.83. The van der Waals surface area contributed by atoms with Gasteiger partial charge in [-0.3, -0.25) is 4.79 Å². The Morgan fingerprint density at radius 3 is 2.53 bits per heavy atom. The predicted molar refractivity (Wildman–Crippen MR) is 60.6 cm³/mol. The van der Waals surface area contributed by atoms with Crippen LogP contribution in [0.2, 0.25) is 0 Å². The summed E-state index contributed by atoms with van der Waals surface area (Å²) in [4.78, 5) is 11.6. The fourth-order valence-corrected chi connectivity index (χ4v) is 1.73. The number of carbonyl (C=O) groups is 1. The van der Waals surface area contributed by atoms with Crippen molar-refractivity contribution < 1.29 is 22.7 Å². The molecule has 0 N–H and O–H groups in total. The van der Waals surface area contributed by atoms with Crippen LogP contribution in [0.1, 0.15) is 22.3 Å². The Kier molecular flexibility index (Phi) is 4.56. The quantitative estimate of drug-likeness (QED) is 0.623. The molecule has 0 spiro atoms. The van der Waals surface area contributed by atoms with Crippen molar-refractivity contribution in [2.45, 2.75) is 19.7 Å². The third kappa shape index (κ3) is 4.38. The molecular weight excluding hydrogens is 301 g/mol. The summed E-state index contributed by atoms with van der Waals surface area (Å²) in [5.74, 6) is -0.427. The molecule has 0 radical (unpaired) electrons. The molecule has 0 aliphatic carbocycles. The molecule has 0 heterocycles. The molecule has 0 bridgehead atoms. The van der Waals surface area contributed by atoms with Gasteiger partial charge in [0.2, 0.25) is 0 Å². The second-order valence-electron chi connectivity index (χ2n) is 3.39. The van der Waals surface area contributed by atoms with Gasteiger partial charge in [0.1, 0.15) is 5.75 Å². The van der Waals surface area contributed by atoms with Gasteiger partial charge in [0, 0.05) is 17.3 Å². The van der Waals surface area contributed by atoms with E-state index in [0.717, 1.165) is 6.07 Å². The lowest BCUT2D eigenvalue weighted by Crippen LogP contribution is -2.17. The molecule has 0 fully saturated rings. The molecule has 0 aromatic heterocycles. The summed E-state index contributed by atoms with van der Waals surface area (Å²) in [5.41, 5.74) is 0.886. The maximum Gasteiger partial charge on any atom is 0.573 e. The highest BCUT2D eigenvalue weighted by Crippen LogP contribution is 2.25. The van der Waals surface area contributed by atoms with Crippen LogP contribution in [0.25, 0.3) is 0 Å². The number of ether oxygens (including phenoxy) is 1. The molecule has 0 aliphatic heterocycles. The van der Waals surface area contributed by atoms with Crippen molar-refractivity contribution >= 4 is 21.7 Å². The zero-order chi connectivity index (χ0) is 13.1. The number of ketones is 1. The average Bonchev–Trinajstić information content (AvgIpc) is 2.15. The monoisotopic (exact) mass is 310 g/mol. The molecule has 1 rings (SSSR count). The number of carbonyl (C=O) groups excluding carboxylic acids is 1. The van der Waals surface area contributed by atoms with Crippen molar-refractivity contribution in [2.24, 2.45) is 0 Å². The normalized spacial score (nSPS) is 11.4. The lowest BCUT2D eigenvalue weighted by atomic mass is 10.0. The Bertz CT molecular complexity index is 416. The van der Waals surface area contributed by atoms with E-state index in [1.54, 1.807) is 6.92 Å². The van der Waals surface area contributed by atoms with Crippen LogP contribution in [0.15, 0.2) is 18.2 Å². The van der Waals surface area contributed by atoms with Gasteiger partial charge in [0.15, 0.2) is 5.78 Å². The average molecular weight is 311 g/mol. The summed E-state index contributed by atoms with van der Waals surface area (Å²) in [6, 6.07) is 3.69. The van der Waals surface area contributed by atoms with Crippen LogP contribution in [0.3, 0.4) is 0 Å². The maximum absolute atomic E-state index is 12.0. The Labute approximate surface area is 105 Å². The van der Waals surface area contributed by atoms with Gasteiger partial charge >= 0.3 is 6.36 Å². The molecule has 2 nitrogen and oxygen atoms in total. The number of hydrogen-bond donors (Lipinski definition) is 0. The van der Waals surface area contributed by atoms with E-state index >= 15 is 0 Å². The number of Topliss-reactive ketones (excluding diaryl/α,β-unsaturated/α-hetero) is 1. The largest absolute Gasteiger partial charge is 0.573 e. The fraction of sp³-hybridized carbons (Fsp3) is 0.364. The molecule has 6 heteroatoms. The van der Waals surface area contributed by atoms with E-state index in [9.17, 15) is 18.0 Å². The van der Waals surface area contributed by atoms with E-state index in [1.807, 2.05) is 0 Å². The summed E-state index contributed by atoms with van der Waals surface area (Å²) in [5, 5.41) is 0.520. The predicted octanol–water partition coefficient (Wildman–Crippen LogP) is 3.86. The van der Waals surface area contributed by atoms with Gasteiger partial charge in [-0.1, -0.05) is 15.9 Å². The van der Waals surface area contributed by atoms with E-state index in [1.165, 1.54) is 12.1 Å². The van der Waals surface area contributed by atoms with Crippen LogP contribution in [0, 0.1) is 6.92 Å². The first-order valence-electron chi connectivity index (χ1n) is 4.79. The maximum atomic E-state index is 12.0. The highest BCUT2D eigenvalue weighted by atomic mass is 79.9. The second kappa shape index (κ2) is 5.53. The van der Waals surface area contributed by atoms with Crippen LogP contribution in [0.5, 0.6) is 5.75 Å². The Morgan fingerprint density at radius 1 is 1.41 bits per heavy atom. The van der Waals surface area contributed by atoms with Gasteiger partial charge < -0.3 is 4.74 Å². The van der Waals surface area contributed by atoms with Gasteiger partial charge in [-0.25, -0.2) is 0 Å².